The highest BCUT2D eigenvalue weighted by Gasteiger charge is 2.22. The topological polar surface area (TPSA) is 32.7 Å². The monoisotopic (exact) mass is 333 g/mol. The zero-order valence-electron chi connectivity index (χ0n) is 15.7. The van der Waals surface area contributed by atoms with E-state index in [1.165, 1.54) is 37.7 Å². The predicted octanol–water partition coefficient (Wildman–Crippen LogP) is 4.59. The van der Waals surface area contributed by atoms with Crippen molar-refractivity contribution in [2.45, 2.75) is 77.4 Å². The van der Waals surface area contributed by atoms with Crippen molar-refractivity contribution >= 4 is 0 Å². The van der Waals surface area contributed by atoms with Crippen LogP contribution in [0.25, 0.3) is 0 Å². The average Bonchev–Trinajstić information content (AvgIpc) is 2.64. The first kappa shape index (κ1) is 19.3. The van der Waals surface area contributed by atoms with Crippen molar-refractivity contribution in [2.24, 2.45) is 0 Å². The molecule has 1 N–H and O–H groups in total. The van der Waals surface area contributed by atoms with Gasteiger partial charge in [0.05, 0.1) is 0 Å². The molecule has 24 heavy (non-hydrogen) atoms. The molecule has 1 saturated carbocycles. The van der Waals surface area contributed by atoms with Crippen molar-refractivity contribution < 1.29 is 9.84 Å². The summed E-state index contributed by atoms with van der Waals surface area (Å²) >= 11 is 0. The maximum absolute atomic E-state index is 10.5. The van der Waals surface area contributed by atoms with Crippen LogP contribution < -0.4 is 4.74 Å². The summed E-state index contributed by atoms with van der Waals surface area (Å²) in [6.45, 7) is 8.70. The molecule has 3 heteroatoms. The van der Waals surface area contributed by atoms with E-state index in [4.69, 9.17) is 4.74 Å². The van der Waals surface area contributed by atoms with Crippen LogP contribution in [0, 0.1) is 0 Å². The Hall–Kier alpha value is -1.06. The quantitative estimate of drug-likeness (QED) is 0.717. The third kappa shape index (κ3) is 5.49. The Morgan fingerprint density at radius 3 is 2.54 bits per heavy atom. The van der Waals surface area contributed by atoms with Crippen LogP contribution in [0.2, 0.25) is 0 Å². The van der Waals surface area contributed by atoms with Crippen LogP contribution in [0.5, 0.6) is 5.75 Å². The van der Waals surface area contributed by atoms with Gasteiger partial charge in [0.15, 0.2) is 0 Å². The number of nitrogens with zero attached hydrogens (tertiary/aromatic N) is 1. The normalized spacial score (nSPS) is 18.5. The first-order chi connectivity index (χ1) is 11.7. The van der Waals surface area contributed by atoms with Crippen molar-refractivity contribution in [3.63, 3.8) is 0 Å². The van der Waals surface area contributed by atoms with Crippen LogP contribution >= 0.6 is 0 Å². The van der Waals surface area contributed by atoms with Gasteiger partial charge in [-0.25, -0.2) is 0 Å². The van der Waals surface area contributed by atoms with Crippen molar-refractivity contribution in [3.8, 4) is 5.75 Å². The van der Waals surface area contributed by atoms with Gasteiger partial charge in [0.1, 0.15) is 18.5 Å². The number of aliphatic hydroxyl groups excluding tert-OH is 1. The van der Waals surface area contributed by atoms with Gasteiger partial charge in [-0.15, -0.1) is 0 Å². The molecule has 0 unspecified atom stereocenters. The molecule has 1 fully saturated rings. The molecule has 2 atom stereocenters. The molecule has 1 aliphatic carbocycles. The number of aliphatic hydroxyl groups is 1. The summed E-state index contributed by atoms with van der Waals surface area (Å²) < 4.78 is 5.98. The Kier molecular flexibility index (Phi) is 8.07. The second-order valence-electron chi connectivity index (χ2n) is 7.19. The van der Waals surface area contributed by atoms with Gasteiger partial charge in [-0.05, 0) is 43.4 Å². The molecule has 0 radical (unpaired) electrons. The molecule has 0 bridgehead atoms. The van der Waals surface area contributed by atoms with Crippen molar-refractivity contribution in [3.05, 3.63) is 29.8 Å². The first-order valence-corrected chi connectivity index (χ1v) is 9.79. The number of benzene rings is 1. The van der Waals surface area contributed by atoms with E-state index in [-0.39, 0.29) is 0 Å². The van der Waals surface area contributed by atoms with Gasteiger partial charge >= 0.3 is 0 Å². The smallest absolute Gasteiger partial charge is 0.122 e. The predicted molar refractivity (Wildman–Crippen MR) is 101 cm³/mol. The van der Waals surface area contributed by atoms with E-state index in [0.29, 0.717) is 25.1 Å². The van der Waals surface area contributed by atoms with Crippen molar-refractivity contribution in [2.75, 3.05) is 19.7 Å². The zero-order valence-corrected chi connectivity index (χ0v) is 15.7. The molecule has 1 aromatic rings. The first-order valence-electron chi connectivity index (χ1n) is 9.79. The molecule has 0 heterocycles. The number of rotatable bonds is 9. The second-order valence-corrected chi connectivity index (χ2v) is 7.19. The Morgan fingerprint density at radius 1 is 1.17 bits per heavy atom. The van der Waals surface area contributed by atoms with E-state index in [1.54, 1.807) is 0 Å². The number of para-hydroxylation sites is 1. The third-order valence-corrected chi connectivity index (χ3v) is 5.44. The molecule has 1 aliphatic rings. The summed E-state index contributed by atoms with van der Waals surface area (Å²) in [5, 5.41) is 10.5. The summed E-state index contributed by atoms with van der Waals surface area (Å²) in [4.78, 5) is 2.44. The third-order valence-electron chi connectivity index (χ3n) is 5.44. The Bertz CT molecular complexity index is 471. The standard InChI is InChI=1S/C21H35NO2/c1-4-17(3)20-13-9-10-14-21(20)24-16-19(23)15-22(5-2)18-11-7-6-8-12-18/h9-10,13-14,17-19,23H,4-8,11-12,15-16H2,1-3H3/t17-,19-/m0/s1. The van der Waals surface area contributed by atoms with E-state index < -0.39 is 6.10 Å². The van der Waals surface area contributed by atoms with Gasteiger partial charge in [-0.1, -0.05) is 58.2 Å². The number of likely N-dealkylation sites (N-methyl/N-ethyl adjacent to an activating group) is 1. The van der Waals surface area contributed by atoms with Gasteiger partial charge in [0, 0.05) is 12.6 Å². The van der Waals surface area contributed by atoms with Gasteiger partial charge in [-0.2, -0.15) is 0 Å². The lowest BCUT2D eigenvalue weighted by Crippen LogP contribution is -2.43. The fraction of sp³-hybridized carbons (Fsp3) is 0.714. The maximum Gasteiger partial charge on any atom is 0.122 e. The minimum Gasteiger partial charge on any atom is -0.491 e. The molecular weight excluding hydrogens is 298 g/mol. The Labute approximate surface area is 148 Å². The molecule has 0 spiro atoms. The minimum atomic E-state index is -0.433. The molecule has 2 rings (SSSR count). The van der Waals surface area contributed by atoms with Gasteiger partial charge in [-0.3, -0.25) is 4.90 Å². The summed E-state index contributed by atoms with van der Waals surface area (Å²) in [5.74, 6) is 1.40. The number of hydrogen-bond donors (Lipinski definition) is 1. The highest BCUT2D eigenvalue weighted by atomic mass is 16.5. The fourth-order valence-corrected chi connectivity index (χ4v) is 3.73. The van der Waals surface area contributed by atoms with Gasteiger partial charge in [0.25, 0.3) is 0 Å². The SMILES string of the molecule is CC[C@H](C)c1ccccc1OC[C@@H](O)CN(CC)C1CCCCC1. The van der Waals surface area contributed by atoms with E-state index >= 15 is 0 Å². The van der Waals surface area contributed by atoms with Crippen molar-refractivity contribution in [1.82, 2.24) is 4.90 Å². The van der Waals surface area contributed by atoms with Crippen LogP contribution in [0.15, 0.2) is 24.3 Å². The minimum absolute atomic E-state index is 0.372. The van der Waals surface area contributed by atoms with E-state index in [1.807, 2.05) is 12.1 Å². The van der Waals surface area contributed by atoms with Crippen LogP contribution in [0.4, 0.5) is 0 Å². The molecule has 0 aromatic heterocycles. The van der Waals surface area contributed by atoms with Crippen LogP contribution in [0.3, 0.4) is 0 Å². The van der Waals surface area contributed by atoms with E-state index in [0.717, 1.165) is 18.7 Å². The fourth-order valence-electron chi connectivity index (χ4n) is 3.73. The molecule has 136 valence electrons. The highest BCUT2D eigenvalue weighted by molar-refractivity contribution is 5.35. The largest absolute Gasteiger partial charge is 0.491 e. The molecule has 0 aliphatic heterocycles. The molecule has 0 saturated heterocycles. The summed E-state index contributed by atoms with van der Waals surface area (Å²) in [6, 6.07) is 8.87. The van der Waals surface area contributed by atoms with E-state index in [9.17, 15) is 5.11 Å². The van der Waals surface area contributed by atoms with Crippen LogP contribution in [0.1, 0.15) is 70.8 Å². The summed E-state index contributed by atoms with van der Waals surface area (Å²) in [7, 11) is 0. The van der Waals surface area contributed by atoms with E-state index in [2.05, 4.69) is 37.8 Å². The lowest BCUT2D eigenvalue weighted by atomic mass is 9.94. The zero-order chi connectivity index (χ0) is 17.4. The Morgan fingerprint density at radius 2 is 1.88 bits per heavy atom. The summed E-state index contributed by atoms with van der Waals surface area (Å²) in [6.07, 6.45) is 7.24. The van der Waals surface area contributed by atoms with Crippen molar-refractivity contribution in [1.29, 1.82) is 0 Å². The van der Waals surface area contributed by atoms with Gasteiger partial charge < -0.3 is 9.84 Å². The number of ether oxygens (including phenoxy) is 1. The molecule has 1 aromatic carbocycles. The lowest BCUT2D eigenvalue weighted by Gasteiger charge is -2.34. The lowest BCUT2D eigenvalue weighted by molar-refractivity contribution is 0.0460. The second kappa shape index (κ2) is 10.0. The highest BCUT2D eigenvalue weighted by Crippen LogP contribution is 2.28. The molecular formula is C21H35NO2. The molecule has 0 amide bonds. The number of hydrogen-bond acceptors (Lipinski definition) is 3. The van der Waals surface area contributed by atoms with Crippen LogP contribution in [-0.2, 0) is 0 Å². The maximum atomic E-state index is 10.5. The van der Waals surface area contributed by atoms with Gasteiger partial charge in [0.2, 0.25) is 0 Å². The average molecular weight is 334 g/mol. The molecule has 3 nitrogen and oxygen atoms in total. The Balaban J connectivity index is 1.87. The summed E-state index contributed by atoms with van der Waals surface area (Å²) in [5.41, 5.74) is 1.24. The van der Waals surface area contributed by atoms with Crippen LogP contribution in [-0.4, -0.2) is 41.8 Å².